The summed E-state index contributed by atoms with van der Waals surface area (Å²) >= 11 is 0. The first kappa shape index (κ1) is 14.5. The number of rotatable bonds is 8. The van der Waals surface area contributed by atoms with Gasteiger partial charge in [0, 0.05) is 44.6 Å². The fourth-order valence-electron chi connectivity index (χ4n) is 2.89. The molecule has 1 saturated heterocycles. The molecule has 1 aliphatic heterocycles. The number of ether oxygens (including phenoxy) is 1. The Morgan fingerprint density at radius 3 is 3.11 bits per heavy atom. The normalized spacial score (nSPS) is 20.8. The Hall–Kier alpha value is -0.870. The molecule has 0 aliphatic carbocycles. The van der Waals surface area contributed by atoms with Crippen molar-refractivity contribution in [3.63, 3.8) is 0 Å². The number of nitrogens with zero attached hydrogens (tertiary/aromatic N) is 2. The van der Waals surface area contributed by atoms with Crippen LogP contribution in [0, 0.1) is 5.92 Å². The summed E-state index contributed by atoms with van der Waals surface area (Å²) in [6.45, 7) is 8.35. The molecule has 0 bridgehead atoms. The first-order valence-corrected chi connectivity index (χ1v) is 7.64. The second-order valence-electron chi connectivity index (χ2n) is 5.46. The van der Waals surface area contributed by atoms with Crippen molar-refractivity contribution < 1.29 is 4.74 Å². The Morgan fingerprint density at radius 1 is 1.53 bits per heavy atom. The molecular formula is C15H27N3O. The van der Waals surface area contributed by atoms with Crippen LogP contribution in [-0.2, 0) is 17.7 Å². The van der Waals surface area contributed by atoms with Gasteiger partial charge in [0.15, 0.2) is 0 Å². The molecule has 4 heteroatoms. The minimum atomic E-state index is 0.523. The number of hydrogen-bond donors (Lipinski definition) is 1. The van der Waals surface area contributed by atoms with Crippen LogP contribution in [0.2, 0.25) is 0 Å². The standard InChI is InChI=1S/C15H27N3O/c1-3-7-18-8-6-17-15(18)11-14(16-4-2)10-13-5-9-19-12-13/h6,8,13-14,16H,3-5,7,9-12H2,1-2H3. The molecule has 0 saturated carbocycles. The summed E-state index contributed by atoms with van der Waals surface area (Å²) in [7, 11) is 0. The molecule has 4 nitrogen and oxygen atoms in total. The van der Waals surface area contributed by atoms with Crippen LogP contribution >= 0.6 is 0 Å². The van der Waals surface area contributed by atoms with Gasteiger partial charge in [0.05, 0.1) is 0 Å². The Bertz CT molecular complexity index is 358. The van der Waals surface area contributed by atoms with E-state index < -0.39 is 0 Å². The fraction of sp³-hybridized carbons (Fsp3) is 0.800. The number of likely N-dealkylation sites (N-methyl/N-ethyl adjacent to an activating group) is 1. The van der Waals surface area contributed by atoms with Crippen molar-refractivity contribution in [2.24, 2.45) is 5.92 Å². The van der Waals surface area contributed by atoms with Gasteiger partial charge in [0.2, 0.25) is 0 Å². The van der Waals surface area contributed by atoms with E-state index in [1.807, 2.05) is 6.20 Å². The minimum Gasteiger partial charge on any atom is -0.381 e. The van der Waals surface area contributed by atoms with Crippen LogP contribution in [0.25, 0.3) is 0 Å². The van der Waals surface area contributed by atoms with Crippen LogP contribution in [0.5, 0.6) is 0 Å². The molecule has 1 fully saturated rings. The largest absolute Gasteiger partial charge is 0.381 e. The second kappa shape index (κ2) is 7.65. The molecule has 2 unspecified atom stereocenters. The topological polar surface area (TPSA) is 39.1 Å². The van der Waals surface area contributed by atoms with Gasteiger partial charge in [-0.1, -0.05) is 13.8 Å². The quantitative estimate of drug-likeness (QED) is 0.783. The monoisotopic (exact) mass is 265 g/mol. The summed E-state index contributed by atoms with van der Waals surface area (Å²) in [5, 5.41) is 3.61. The smallest absolute Gasteiger partial charge is 0.110 e. The number of imidazole rings is 1. The summed E-state index contributed by atoms with van der Waals surface area (Å²) < 4.78 is 7.77. The van der Waals surface area contributed by atoms with Crippen molar-refractivity contribution in [1.29, 1.82) is 0 Å². The zero-order valence-electron chi connectivity index (χ0n) is 12.3. The van der Waals surface area contributed by atoms with Gasteiger partial charge in [0.25, 0.3) is 0 Å². The molecule has 1 N–H and O–H groups in total. The number of aryl methyl sites for hydroxylation is 1. The van der Waals surface area contributed by atoms with Gasteiger partial charge in [-0.05, 0) is 31.7 Å². The molecular weight excluding hydrogens is 238 g/mol. The molecule has 2 atom stereocenters. The molecule has 1 aromatic heterocycles. The van der Waals surface area contributed by atoms with E-state index in [4.69, 9.17) is 4.74 Å². The van der Waals surface area contributed by atoms with Crippen molar-refractivity contribution in [2.75, 3.05) is 19.8 Å². The Labute approximate surface area is 116 Å². The van der Waals surface area contributed by atoms with Crippen molar-refractivity contribution in [3.8, 4) is 0 Å². The second-order valence-corrected chi connectivity index (χ2v) is 5.46. The highest BCUT2D eigenvalue weighted by molar-refractivity contribution is 4.96. The maximum Gasteiger partial charge on any atom is 0.110 e. The average Bonchev–Trinajstić information content (AvgIpc) is 3.03. The van der Waals surface area contributed by atoms with Gasteiger partial charge in [-0.2, -0.15) is 0 Å². The number of aromatic nitrogens is 2. The van der Waals surface area contributed by atoms with Crippen molar-refractivity contribution in [3.05, 3.63) is 18.2 Å². The zero-order valence-corrected chi connectivity index (χ0v) is 12.3. The van der Waals surface area contributed by atoms with Crippen LogP contribution in [-0.4, -0.2) is 35.4 Å². The maximum atomic E-state index is 5.49. The van der Waals surface area contributed by atoms with Crippen LogP contribution in [0.3, 0.4) is 0 Å². The van der Waals surface area contributed by atoms with Crippen LogP contribution in [0.1, 0.15) is 38.9 Å². The molecule has 1 aliphatic rings. The number of nitrogens with one attached hydrogen (secondary N) is 1. The molecule has 108 valence electrons. The van der Waals surface area contributed by atoms with Gasteiger partial charge in [-0.3, -0.25) is 0 Å². The molecule has 0 aromatic carbocycles. The Kier molecular flexibility index (Phi) is 5.86. The average molecular weight is 265 g/mol. The molecule has 0 spiro atoms. The van der Waals surface area contributed by atoms with Gasteiger partial charge >= 0.3 is 0 Å². The Balaban J connectivity index is 1.92. The Morgan fingerprint density at radius 2 is 2.42 bits per heavy atom. The molecule has 1 aromatic rings. The van der Waals surface area contributed by atoms with Crippen LogP contribution in [0.15, 0.2) is 12.4 Å². The van der Waals surface area contributed by atoms with E-state index in [9.17, 15) is 0 Å². The summed E-state index contributed by atoms with van der Waals surface area (Å²) in [4.78, 5) is 4.52. The van der Waals surface area contributed by atoms with Gasteiger partial charge in [0.1, 0.15) is 5.82 Å². The fourth-order valence-corrected chi connectivity index (χ4v) is 2.89. The molecule has 0 radical (unpaired) electrons. The molecule has 19 heavy (non-hydrogen) atoms. The van der Waals surface area contributed by atoms with Crippen molar-refractivity contribution >= 4 is 0 Å². The molecule has 0 amide bonds. The van der Waals surface area contributed by atoms with E-state index in [1.54, 1.807) is 0 Å². The van der Waals surface area contributed by atoms with E-state index in [0.717, 1.165) is 45.1 Å². The highest BCUT2D eigenvalue weighted by atomic mass is 16.5. The SMILES string of the molecule is CCCn1ccnc1CC(CC1CCOC1)NCC. The third kappa shape index (κ3) is 4.32. The predicted molar refractivity (Wildman–Crippen MR) is 77.2 cm³/mol. The lowest BCUT2D eigenvalue weighted by Gasteiger charge is -2.21. The zero-order chi connectivity index (χ0) is 13.5. The van der Waals surface area contributed by atoms with Crippen LogP contribution in [0.4, 0.5) is 0 Å². The van der Waals surface area contributed by atoms with E-state index in [0.29, 0.717) is 6.04 Å². The lowest BCUT2D eigenvalue weighted by atomic mass is 9.97. The van der Waals surface area contributed by atoms with Crippen LogP contribution < -0.4 is 5.32 Å². The lowest BCUT2D eigenvalue weighted by Crippen LogP contribution is -2.34. The van der Waals surface area contributed by atoms with E-state index in [-0.39, 0.29) is 0 Å². The van der Waals surface area contributed by atoms with E-state index in [1.165, 1.54) is 18.7 Å². The third-order valence-corrected chi connectivity index (χ3v) is 3.83. The van der Waals surface area contributed by atoms with Gasteiger partial charge < -0.3 is 14.6 Å². The molecule has 2 rings (SSSR count). The summed E-state index contributed by atoms with van der Waals surface area (Å²) in [5.41, 5.74) is 0. The van der Waals surface area contributed by atoms with Gasteiger partial charge in [-0.25, -0.2) is 4.98 Å². The lowest BCUT2D eigenvalue weighted by molar-refractivity contribution is 0.181. The highest BCUT2D eigenvalue weighted by Gasteiger charge is 2.21. The number of hydrogen-bond acceptors (Lipinski definition) is 3. The van der Waals surface area contributed by atoms with Crippen molar-refractivity contribution in [1.82, 2.24) is 14.9 Å². The summed E-state index contributed by atoms with van der Waals surface area (Å²) in [6, 6.07) is 0.523. The summed E-state index contributed by atoms with van der Waals surface area (Å²) in [6.07, 6.45) is 8.62. The van der Waals surface area contributed by atoms with E-state index in [2.05, 4.69) is 34.9 Å². The molecule has 2 heterocycles. The third-order valence-electron chi connectivity index (χ3n) is 3.83. The first-order chi connectivity index (χ1) is 9.33. The highest BCUT2D eigenvalue weighted by Crippen LogP contribution is 2.19. The predicted octanol–water partition coefficient (Wildman–Crippen LogP) is 2.24. The summed E-state index contributed by atoms with van der Waals surface area (Å²) in [5.74, 6) is 1.94. The first-order valence-electron chi connectivity index (χ1n) is 7.64. The minimum absolute atomic E-state index is 0.523. The van der Waals surface area contributed by atoms with Crippen molar-refractivity contribution in [2.45, 2.75) is 52.1 Å². The van der Waals surface area contributed by atoms with E-state index >= 15 is 0 Å². The van der Waals surface area contributed by atoms with Gasteiger partial charge in [-0.15, -0.1) is 0 Å². The maximum absolute atomic E-state index is 5.49.